The van der Waals surface area contributed by atoms with E-state index in [1.165, 1.54) is 77.9 Å². The lowest BCUT2D eigenvalue weighted by Crippen LogP contribution is -2.20. The van der Waals surface area contributed by atoms with Crippen molar-refractivity contribution in [2.75, 3.05) is 0 Å². The average Bonchev–Trinajstić information content (AvgIpc) is 3.81. The van der Waals surface area contributed by atoms with Gasteiger partial charge in [0, 0.05) is 27.7 Å². The van der Waals surface area contributed by atoms with Gasteiger partial charge >= 0.3 is 0 Å². The molecule has 3 unspecified atom stereocenters. The fourth-order valence-electron chi connectivity index (χ4n) is 11.6. The van der Waals surface area contributed by atoms with Crippen LogP contribution in [0, 0.1) is 5.92 Å². The summed E-state index contributed by atoms with van der Waals surface area (Å²) in [4.78, 5) is 5.81. The number of benzene rings is 6. The van der Waals surface area contributed by atoms with E-state index >= 15 is 0 Å². The first-order chi connectivity index (χ1) is 30.2. The van der Waals surface area contributed by atoms with Crippen LogP contribution in [0.1, 0.15) is 118 Å². The lowest BCUT2D eigenvalue weighted by atomic mass is 9.69. The van der Waals surface area contributed by atoms with E-state index in [4.69, 9.17) is 9.41 Å². The molecule has 3 atom stereocenters. The van der Waals surface area contributed by atoms with E-state index in [-0.39, 0.29) is 11.3 Å². The molecule has 7 aromatic rings. The highest BCUT2D eigenvalue weighted by Crippen LogP contribution is 2.56. The maximum atomic E-state index is 6.70. The Morgan fingerprint density at radius 3 is 2.31 bits per heavy atom. The highest BCUT2D eigenvalue weighted by molar-refractivity contribution is 6.11. The number of rotatable bonds is 6. The predicted molar refractivity (Wildman–Crippen MR) is 261 cm³/mol. The Bertz CT molecular complexity index is 3120. The minimum absolute atomic E-state index is 0.0179. The highest BCUT2D eigenvalue weighted by atomic mass is 16.3. The maximum Gasteiger partial charge on any atom is 0.144 e. The topological polar surface area (TPSA) is 25.5 Å². The van der Waals surface area contributed by atoms with Crippen LogP contribution in [0.4, 0.5) is 0 Å². The molecule has 1 aliphatic heterocycles. The Morgan fingerprint density at radius 2 is 1.50 bits per heavy atom. The van der Waals surface area contributed by atoms with E-state index in [1.807, 2.05) is 0 Å². The summed E-state index contributed by atoms with van der Waals surface area (Å²) in [5.74, 6) is 0.781. The summed E-state index contributed by atoms with van der Waals surface area (Å²) >= 11 is 0. The zero-order valence-corrected chi connectivity index (χ0v) is 37.0. The zero-order valence-electron chi connectivity index (χ0n) is 37.0. The Labute approximate surface area is 367 Å². The van der Waals surface area contributed by atoms with Gasteiger partial charge in [-0.2, -0.15) is 0 Å². The Morgan fingerprint density at radius 1 is 0.758 bits per heavy atom. The first kappa shape index (κ1) is 38.7. The van der Waals surface area contributed by atoms with Crippen molar-refractivity contribution < 1.29 is 4.42 Å². The number of nitrogens with zero attached hydrogens (tertiary/aromatic N) is 1. The molecule has 2 nitrogen and oxygen atoms in total. The molecular weight excluding hydrogens is 751 g/mol. The van der Waals surface area contributed by atoms with E-state index < -0.39 is 0 Å². The third kappa shape index (κ3) is 6.01. The molecule has 0 amide bonds. The van der Waals surface area contributed by atoms with Crippen LogP contribution in [-0.4, -0.2) is 5.71 Å². The monoisotopic (exact) mass is 805 g/mol. The number of para-hydroxylation sites is 2. The molecule has 11 rings (SSSR count). The van der Waals surface area contributed by atoms with Crippen molar-refractivity contribution in [1.29, 1.82) is 0 Å². The molecule has 0 fully saturated rings. The van der Waals surface area contributed by atoms with Gasteiger partial charge in [-0.15, -0.1) is 0 Å². The van der Waals surface area contributed by atoms with E-state index in [1.54, 1.807) is 0 Å². The number of furan rings is 1. The number of aliphatic imine (C=N–C) groups is 1. The minimum Gasteiger partial charge on any atom is -0.455 e. The molecule has 0 saturated heterocycles. The summed E-state index contributed by atoms with van der Waals surface area (Å²) in [6.45, 7) is 14.3. The van der Waals surface area contributed by atoms with Gasteiger partial charge < -0.3 is 4.42 Å². The van der Waals surface area contributed by atoms with Crippen molar-refractivity contribution >= 4 is 33.3 Å². The molecule has 0 spiro atoms. The van der Waals surface area contributed by atoms with Crippen molar-refractivity contribution in [3.05, 3.63) is 207 Å². The Balaban J connectivity index is 1.02. The molecule has 0 bridgehead atoms. The lowest BCUT2D eigenvalue weighted by molar-refractivity contribution is 0.568. The fourth-order valence-corrected chi connectivity index (χ4v) is 11.6. The third-order valence-electron chi connectivity index (χ3n) is 15.2. The smallest absolute Gasteiger partial charge is 0.144 e. The first-order valence-electron chi connectivity index (χ1n) is 23.0. The van der Waals surface area contributed by atoms with Gasteiger partial charge in [0.15, 0.2) is 0 Å². The van der Waals surface area contributed by atoms with Gasteiger partial charge in [-0.05, 0) is 135 Å². The van der Waals surface area contributed by atoms with Crippen molar-refractivity contribution in [3.8, 4) is 22.3 Å². The molecule has 4 aliphatic rings. The Kier molecular flexibility index (Phi) is 9.34. The molecule has 62 heavy (non-hydrogen) atoms. The van der Waals surface area contributed by atoms with Crippen LogP contribution in [-0.2, 0) is 11.8 Å². The summed E-state index contributed by atoms with van der Waals surface area (Å²) in [6.07, 6.45) is 11.9. The fraction of sp³-hybridized carbons (Fsp3) is 0.250. The molecule has 2 heterocycles. The van der Waals surface area contributed by atoms with Crippen molar-refractivity contribution in [3.63, 3.8) is 0 Å². The van der Waals surface area contributed by atoms with Gasteiger partial charge in [0.05, 0.1) is 11.4 Å². The van der Waals surface area contributed by atoms with Gasteiger partial charge in [0.25, 0.3) is 0 Å². The van der Waals surface area contributed by atoms with Crippen LogP contribution in [0.15, 0.2) is 177 Å². The maximum absolute atomic E-state index is 6.70. The number of hydrogen-bond donors (Lipinski definition) is 0. The number of fused-ring (bicyclic) bond motifs is 10. The van der Waals surface area contributed by atoms with Gasteiger partial charge in [-0.25, -0.2) is 0 Å². The van der Waals surface area contributed by atoms with Gasteiger partial charge in [0.2, 0.25) is 0 Å². The quantitative estimate of drug-likeness (QED) is 0.164. The van der Waals surface area contributed by atoms with Crippen LogP contribution < -0.4 is 0 Å². The molecule has 6 aromatic carbocycles. The summed E-state index contributed by atoms with van der Waals surface area (Å²) in [5.41, 5.74) is 24.9. The average molecular weight is 806 g/mol. The molecule has 0 radical (unpaired) electrons. The van der Waals surface area contributed by atoms with E-state index in [0.717, 1.165) is 71.0 Å². The van der Waals surface area contributed by atoms with Crippen LogP contribution in [0.25, 0.3) is 49.9 Å². The van der Waals surface area contributed by atoms with Gasteiger partial charge in [0.1, 0.15) is 11.2 Å². The highest BCUT2D eigenvalue weighted by Gasteiger charge is 2.40. The van der Waals surface area contributed by atoms with Crippen LogP contribution in [0.5, 0.6) is 0 Å². The van der Waals surface area contributed by atoms with Crippen LogP contribution >= 0.6 is 0 Å². The van der Waals surface area contributed by atoms with Crippen molar-refractivity contribution in [2.24, 2.45) is 10.9 Å². The summed E-state index contributed by atoms with van der Waals surface area (Å²) in [5, 5.41) is 2.29. The zero-order chi connectivity index (χ0) is 42.3. The normalized spacial score (nSPS) is 22.8. The summed E-state index contributed by atoms with van der Waals surface area (Å²) in [6, 6.07) is 47.7. The molecule has 2 heteroatoms. The molecule has 306 valence electrons. The first-order valence-corrected chi connectivity index (χ1v) is 23.0. The van der Waals surface area contributed by atoms with Crippen molar-refractivity contribution in [1.82, 2.24) is 0 Å². The van der Waals surface area contributed by atoms with E-state index in [2.05, 4.69) is 187 Å². The molecule has 0 saturated carbocycles. The summed E-state index contributed by atoms with van der Waals surface area (Å²) < 4.78 is 6.70. The van der Waals surface area contributed by atoms with E-state index in [9.17, 15) is 0 Å². The predicted octanol–water partition coefficient (Wildman–Crippen LogP) is 16.2. The lowest BCUT2D eigenvalue weighted by Gasteiger charge is -2.34. The van der Waals surface area contributed by atoms with Gasteiger partial charge in [-0.3, -0.25) is 4.99 Å². The van der Waals surface area contributed by atoms with Crippen LogP contribution in [0.3, 0.4) is 0 Å². The molecule has 0 N–H and O–H groups in total. The second-order valence-corrected chi connectivity index (χ2v) is 18.8. The number of allylic oxidation sites excluding steroid dienone is 7. The largest absolute Gasteiger partial charge is 0.455 e. The molecule has 1 aromatic heterocycles. The van der Waals surface area contributed by atoms with Gasteiger partial charge in [-0.1, -0.05) is 174 Å². The third-order valence-corrected chi connectivity index (χ3v) is 15.2. The second kappa shape index (κ2) is 15.0. The van der Waals surface area contributed by atoms with Crippen LogP contribution in [0.2, 0.25) is 0 Å². The molecular formula is C60H55NO. The standard InChI is InChI=1S/C60H55NO/c1-7-39-34-50(41-18-9-8-10-19-41)36(2)37(3)57(61-58(39)49-25-17-24-47-46-22-14-16-27-55(46)62-59(47)49)42-30-28-40(29-31-42)38(4)51-35-52-45(43-20-11-12-21-44(43)51)32-33-54-56(52)48-23-13-15-26-53(48)60(54,5)6/h8-9,11-18,20-33,37-38,51H,7,10,19,34-35H2,1-6H3/b50-36-,58-39-,61-57+. The second-order valence-electron chi connectivity index (χ2n) is 18.8. The van der Waals surface area contributed by atoms with E-state index in [0.29, 0.717) is 11.8 Å². The summed E-state index contributed by atoms with van der Waals surface area (Å²) in [7, 11) is 0. The minimum atomic E-state index is -0.0179. The number of hydrogen-bond acceptors (Lipinski definition) is 2. The molecule has 3 aliphatic carbocycles. The van der Waals surface area contributed by atoms with Crippen molar-refractivity contribution in [2.45, 2.75) is 90.9 Å². The SMILES string of the molecule is CC/C1=C(c2cccc3c2oc2ccccc23)/N=C(/c2ccc(C(C)C3Cc4c(ccc5c4-c4ccccc4C5(C)C)-c4ccccc43)cc2)C(C)/C(C)=C(\C2=CC=CCC2)C1. The Hall–Kier alpha value is -6.25.